The van der Waals surface area contributed by atoms with Crippen LogP contribution in [0.4, 0.5) is 4.79 Å². The average molecular weight is 420 g/mol. The predicted octanol–water partition coefficient (Wildman–Crippen LogP) is 3.70. The van der Waals surface area contributed by atoms with Crippen molar-refractivity contribution in [2.75, 3.05) is 26.3 Å². The van der Waals surface area contributed by atoms with Crippen molar-refractivity contribution < 1.29 is 28.7 Å². The number of hydrogen-bond donors (Lipinski definition) is 1. The summed E-state index contributed by atoms with van der Waals surface area (Å²) in [5.41, 5.74) is 4.99. The third-order valence-electron chi connectivity index (χ3n) is 5.73. The van der Waals surface area contributed by atoms with Crippen LogP contribution in [0.3, 0.4) is 0 Å². The maximum atomic E-state index is 12.8. The van der Waals surface area contributed by atoms with Gasteiger partial charge in [-0.15, -0.1) is 0 Å². The third kappa shape index (κ3) is 3.55. The van der Waals surface area contributed by atoms with Gasteiger partial charge in [0.15, 0.2) is 0 Å². The number of aromatic carboxylic acids is 1. The van der Waals surface area contributed by atoms with Gasteiger partial charge in [0.2, 0.25) is 5.76 Å². The second-order valence-electron chi connectivity index (χ2n) is 7.53. The van der Waals surface area contributed by atoms with E-state index in [1.807, 2.05) is 24.3 Å². The van der Waals surface area contributed by atoms with Crippen LogP contribution in [0, 0.1) is 0 Å². The van der Waals surface area contributed by atoms with E-state index >= 15 is 0 Å². The van der Waals surface area contributed by atoms with Gasteiger partial charge in [-0.25, -0.2) is 9.59 Å². The van der Waals surface area contributed by atoms with Crippen molar-refractivity contribution in [3.05, 3.63) is 77.2 Å². The molecule has 1 aliphatic heterocycles. The number of hydrogen-bond acceptors (Lipinski definition) is 6. The molecule has 0 radical (unpaired) electrons. The number of carboxylic acid groups (broad SMARTS) is 1. The molecule has 1 amide bonds. The number of carboxylic acids is 1. The van der Waals surface area contributed by atoms with Crippen LogP contribution in [-0.4, -0.2) is 53.5 Å². The maximum absolute atomic E-state index is 12.8. The number of ether oxygens (including phenoxy) is 2. The zero-order valence-electron chi connectivity index (χ0n) is 16.6. The molecule has 0 spiro atoms. The van der Waals surface area contributed by atoms with Crippen LogP contribution in [0.1, 0.15) is 39.4 Å². The van der Waals surface area contributed by atoms with E-state index in [2.05, 4.69) is 29.4 Å². The number of morpholine rings is 1. The van der Waals surface area contributed by atoms with Crippen molar-refractivity contribution in [1.29, 1.82) is 0 Å². The molecule has 1 aromatic heterocycles. The standard InChI is InChI=1S/C23H20N2O6/c26-22(27)20-11-19(24-31-20)21-12-25(9-10-29-21)23(28)30-13-18-16-7-3-1-5-14(16)15-6-2-4-8-17(15)18/h1-8,11,18,21H,9-10,12-13H2,(H,26,27). The largest absolute Gasteiger partial charge is 0.475 e. The van der Waals surface area contributed by atoms with Gasteiger partial charge in [-0.05, 0) is 22.3 Å². The summed E-state index contributed by atoms with van der Waals surface area (Å²) in [6, 6.07) is 17.7. The Bertz CT molecular complexity index is 1090. The Labute approximate surface area is 178 Å². The minimum atomic E-state index is -1.21. The topological polar surface area (TPSA) is 102 Å². The van der Waals surface area contributed by atoms with Gasteiger partial charge in [-0.1, -0.05) is 53.7 Å². The molecule has 5 rings (SSSR count). The normalized spacial score (nSPS) is 17.8. The molecule has 3 aromatic rings. The van der Waals surface area contributed by atoms with E-state index < -0.39 is 18.2 Å². The van der Waals surface area contributed by atoms with Gasteiger partial charge in [0.05, 0.1) is 13.2 Å². The highest BCUT2D eigenvalue weighted by Gasteiger charge is 2.32. The lowest BCUT2D eigenvalue weighted by molar-refractivity contribution is -0.0318. The smallest absolute Gasteiger partial charge is 0.409 e. The summed E-state index contributed by atoms with van der Waals surface area (Å²) in [7, 11) is 0. The highest BCUT2D eigenvalue weighted by molar-refractivity contribution is 5.84. The molecule has 1 N–H and O–H groups in total. The summed E-state index contributed by atoms with van der Waals surface area (Å²) in [5, 5.41) is 12.7. The fourth-order valence-electron chi connectivity index (χ4n) is 4.22. The number of amides is 1. The zero-order valence-corrected chi connectivity index (χ0v) is 16.6. The summed E-state index contributed by atoms with van der Waals surface area (Å²) in [6.07, 6.45) is -0.997. The molecule has 1 saturated heterocycles. The van der Waals surface area contributed by atoms with Crippen LogP contribution in [0.25, 0.3) is 11.1 Å². The first kappa shape index (κ1) is 19.3. The van der Waals surface area contributed by atoms with Crippen LogP contribution in [0.2, 0.25) is 0 Å². The van der Waals surface area contributed by atoms with Gasteiger partial charge in [0, 0.05) is 18.5 Å². The molecular weight excluding hydrogens is 400 g/mol. The SMILES string of the molecule is O=C(O)c1cc(C2CN(C(=O)OCC3c4ccccc4-c4ccccc43)CCO2)no1. The monoisotopic (exact) mass is 420 g/mol. The van der Waals surface area contributed by atoms with Crippen LogP contribution in [0.15, 0.2) is 59.1 Å². The quantitative estimate of drug-likeness (QED) is 0.687. The van der Waals surface area contributed by atoms with E-state index in [4.69, 9.17) is 19.1 Å². The minimum Gasteiger partial charge on any atom is -0.475 e. The first-order chi connectivity index (χ1) is 15.1. The number of fused-ring (bicyclic) bond motifs is 3. The summed E-state index contributed by atoms with van der Waals surface area (Å²) in [4.78, 5) is 25.3. The molecule has 2 heterocycles. The van der Waals surface area contributed by atoms with Gasteiger partial charge < -0.3 is 24.0 Å². The fourth-order valence-corrected chi connectivity index (χ4v) is 4.22. The Hall–Kier alpha value is -3.65. The lowest BCUT2D eigenvalue weighted by atomic mass is 9.98. The summed E-state index contributed by atoms with van der Waals surface area (Å²) in [6.45, 7) is 1.13. The Balaban J connectivity index is 1.27. The molecule has 1 atom stereocenters. The van der Waals surface area contributed by atoms with E-state index in [-0.39, 0.29) is 24.8 Å². The minimum absolute atomic E-state index is 0.0122. The van der Waals surface area contributed by atoms with Gasteiger partial charge in [-0.2, -0.15) is 0 Å². The molecule has 2 aliphatic rings. The Kier molecular flexibility index (Phi) is 4.91. The molecule has 1 aliphatic carbocycles. The van der Waals surface area contributed by atoms with Crippen molar-refractivity contribution in [2.45, 2.75) is 12.0 Å². The molecule has 31 heavy (non-hydrogen) atoms. The first-order valence-electron chi connectivity index (χ1n) is 10.0. The Morgan fingerprint density at radius 3 is 2.42 bits per heavy atom. The van der Waals surface area contributed by atoms with Crippen molar-refractivity contribution in [3.8, 4) is 11.1 Å². The maximum Gasteiger partial charge on any atom is 0.409 e. The van der Waals surface area contributed by atoms with E-state index in [0.29, 0.717) is 18.8 Å². The Morgan fingerprint density at radius 2 is 1.77 bits per heavy atom. The highest BCUT2D eigenvalue weighted by atomic mass is 16.6. The fraction of sp³-hybridized carbons (Fsp3) is 0.261. The van der Waals surface area contributed by atoms with Gasteiger partial charge in [-0.3, -0.25) is 0 Å². The van der Waals surface area contributed by atoms with Gasteiger partial charge in [0.1, 0.15) is 18.4 Å². The number of aromatic nitrogens is 1. The molecule has 158 valence electrons. The van der Waals surface area contributed by atoms with Gasteiger partial charge >= 0.3 is 12.1 Å². The van der Waals surface area contributed by atoms with E-state index in [1.54, 1.807) is 4.90 Å². The van der Waals surface area contributed by atoms with E-state index in [1.165, 1.54) is 17.2 Å². The van der Waals surface area contributed by atoms with E-state index in [9.17, 15) is 9.59 Å². The summed E-state index contributed by atoms with van der Waals surface area (Å²) in [5.74, 6) is -1.48. The second-order valence-corrected chi connectivity index (χ2v) is 7.53. The molecular formula is C23H20N2O6. The first-order valence-corrected chi connectivity index (χ1v) is 10.0. The molecule has 2 aromatic carbocycles. The molecule has 8 nitrogen and oxygen atoms in total. The molecule has 1 unspecified atom stereocenters. The lowest BCUT2D eigenvalue weighted by Crippen LogP contribution is -2.43. The van der Waals surface area contributed by atoms with Crippen LogP contribution in [0.5, 0.6) is 0 Å². The number of benzene rings is 2. The van der Waals surface area contributed by atoms with Crippen molar-refractivity contribution in [1.82, 2.24) is 10.1 Å². The average Bonchev–Trinajstić information content (AvgIpc) is 3.42. The van der Waals surface area contributed by atoms with Crippen LogP contribution >= 0.6 is 0 Å². The summed E-state index contributed by atoms with van der Waals surface area (Å²) >= 11 is 0. The van der Waals surface area contributed by atoms with Crippen molar-refractivity contribution >= 4 is 12.1 Å². The zero-order chi connectivity index (χ0) is 21.4. The number of nitrogens with zero attached hydrogens (tertiary/aromatic N) is 2. The van der Waals surface area contributed by atoms with Crippen LogP contribution < -0.4 is 0 Å². The Morgan fingerprint density at radius 1 is 1.10 bits per heavy atom. The molecule has 0 bridgehead atoms. The summed E-state index contributed by atoms with van der Waals surface area (Å²) < 4.78 is 16.1. The third-order valence-corrected chi connectivity index (χ3v) is 5.73. The molecule has 1 fully saturated rings. The highest BCUT2D eigenvalue weighted by Crippen LogP contribution is 2.44. The van der Waals surface area contributed by atoms with E-state index in [0.717, 1.165) is 11.1 Å². The number of rotatable bonds is 4. The molecule has 8 heteroatoms. The molecule has 0 saturated carbocycles. The van der Waals surface area contributed by atoms with Crippen molar-refractivity contribution in [2.24, 2.45) is 0 Å². The van der Waals surface area contributed by atoms with Crippen molar-refractivity contribution in [3.63, 3.8) is 0 Å². The predicted molar refractivity (Wildman–Crippen MR) is 109 cm³/mol. The van der Waals surface area contributed by atoms with Crippen LogP contribution in [-0.2, 0) is 9.47 Å². The lowest BCUT2D eigenvalue weighted by Gasteiger charge is -2.31. The second kappa shape index (κ2) is 7.88. The number of carbonyl (C=O) groups excluding carboxylic acids is 1. The van der Waals surface area contributed by atoms with Gasteiger partial charge in [0.25, 0.3) is 0 Å². The number of carbonyl (C=O) groups is 2.